The number of carbonyl (C=O) groups is 1. The van der Waals surface area contributed by atoms with Crippen LogP contribution in [0.1, 0.15) is 51.5 Å². The SMILES string of the molecule is CC1CC=CN1c1ccc(-c2nc(-c3ccc(-n4ccnc4)cc3)nc(-c3ccc4c(c3)C3(c5ccccc5-c5ccccc53)c3cc(C(=O)c5ccc(-c6ccccc6)cc5)ccc3-4)n2)cc1. The normalized spacial score (nSPS) is 14.7. The summed E-state index contributed by atoms with van der Waals surface area (Å²) in [6.07, 6.45) is 10.9. The molecule has 3 aliphatic rings. The summed E-state index contributed by atoms with van der Waals surface area (Å²) >= 11 is 0. The van der Waals surface area contributed by atoms with Crippen LogP contribution in [-0.2, 0) is 5.41 Å². The summed E-state index contributed by atoms with van der Waals surface area (Å²) in [5, 5.41) is 0. The molecule has 0 amide bonds. The smallest absolute Gasteiger partial charge is 0.193 e. The van der Waals surface area contributed by atoms with E-state index in [1.807, 2.05) is 59.3 Å². The highest BCUT2D eigenvalue weighted by molar-refractivity contribution is 6.10. The van der Waals surface area contributed by atoms with Crippen LogP contribution in [-0.4, -0.2) is 36.3 Å². The summed E-state index contributed by atoms with van der Waals surface area (Å²) < 4.78 is 1.98. The minimum absolute atomic E-state index is 0.0125. The molecule has 0 saturated carbocycles. The van der Waals surface area contributed by atoms with Crippen LogP contribution in [0.15, 0.2) is 219 Å². The summed E-state index contributed by atoms with van der Waals surface area (Å²) in [5.41, 5.74) is 16.7. The first kappa shape index (κ1) is 39.5. The van der Waals surface area contributed by atoms with Gasteiger partial charge in [-0.25, -0.2) is 19.9 Å². The van der Waals surface area contributed by atoms with Gasteiger partial charge in [-0.3, -0.25) is 4.79 Å². The maximum Gasteiger partial charge on any atom is 0.193 e. The molecule has 0 saturated heterocycles. The van der Waals surface area contributed by atoms with Gasteiger partial charge in [-0.15, -0.1) is 0 Å². The second-order valence-electron chi connectivity index (χ2n) is 17.9. The third-order valence-electron chi connectivity index (χ3n) is 14.1. The van der Waals surface area contributed by atoms with E-state index in [1.54, 1.807) is 12.5 Å². The molecule has 322 valence electrons. The average Bonchev–Trinajstić information content (AvgIpc) is 4.22. The summed E-state index contributed by atoms with van der Waals surface area (Å²) in [5.74, 6) is 1.74. The molecule has 1 spiro atoms. The molecule has 0 N–H and O–H groups in total. The molecule has 0 radical (unpaired) electrons. The van der Waals surface area contributed by atoms with Gasteiger partial charge in [0, 0.05) is 63.8 Å². The molecule has 0 fully saturated rings. The second kappa shape index (κ2) is 15.7. The summed E-state index contributed by atoms with van der Waals surface area (Å²) in [6.45, 7) is 2.24. The number of hydrogen-bond acceptors (Lipinski definition) is 6. The number of benzene rings is 8. The van der Waals surface area contributed by atoms with Crippen molar-refractivity contribution >= 4 is 11.5 Å². The fourth-order valence-corrected chi connectivity index (χ4v) is 10.7. The van der Waals surface area contributed by atoms with E-state index in [2.05, 4.69) is 169 Å². The summed E-state index contributed by atoms with van der Waals surface area (Å²) in [6, 6.07) is 65.7. The van der Waals surface area contributed by atoms with Crippen LogP contribution in [0.25, 0.3) is 73.2 Å². The molecule has 7 heteroatoms. The molecule has 3 heterocycles. The van der Waals surface area contributed by atoms with Crippen LogP contribution in [0.2, 0.25) is 0 Å². The number of rotatable bonds is 8. The van der Waals surface area contributed by atoms with Gasteiger partial charge in [0.05, 0.1) is 11.7 Å². The minimum atomic E-state index is -0.708. The number of hydrogen-bond donors (Lipinski definition) is 0. The predicted octanol–water partition coefficient (Wildman–Crippen LogP) is 13.4. The van der Waals surface area contributed by atoms with Crippen LogP contribution >= 0.6 is 0 Å². The number of aromatic nitrogens is 5. The van der Waals surface area contributed by atoms with Crippen molar-refractivity contribution in [3.63, 3.8) is 0 Å². The topological polar surface area (TPSA) is 76.8 Å². The zero-order chi connectivity index (χ0) is 45.3. The van der Waals surface area contributed by atoms with Crippen LogP contribution in [0.3, 0.4) is 0 Å². The van der Waals surface area contributed by atoms with Crippen molar-refractivity contribution in [3.8, 4) is 73.2 Å². The van der Waals surface area contributed by atoms with E-state index in [0.717, 1.165) is 67.9 Å². The van der Waals surface area contributed by atoms with Crippen molar-refractivity contribution < 1.29 is 4.79 Å². The number of ketones is 1. The Morgan fingerprint density at radius 1 is 0.500 bits per heavy atom. The van der Waals surface area contributed by atoms with Gasteiger partial charge in [0.1, 0.15) is 0 Å². The van der Waals surface area contributed by atoms with Gasteiger partial charge >= 0.3 is 0 Å². The molecule has 68 heavy (non-hydrogen) atoms. The Kier molecular flexibility index (Phi) is 9.12. The Morgan fingerprint density at radius 3 is 1.63 bits per heavy atom. The molecule has 1 atom stereocenters. The number of anilines is 1. The predicted molar refractivity (Wildman–Crippen MR) is 271 cm³/mol. The molecule has 2 aliphatic carbocycles. The number of carbonyl (C=O) groups excluding carboxylic acids is 1. The zero-order valence-electron chi connectivity index (χ0n) is 37.2. The Labute approximate surface area is 394 Å². The van der Waals surface area contributed by atoms with Gasteiger partial charge in [-0.1, -0.05) is 133 Å². The first-order chi connectivity index (χ1) is 33.5. The van der Waals surface area contributed by atoms with E-state index in [9.17, 15) is 4.79 Å². The number of imidazole rings is 1. The van der Waals surface area contributed by atoms with Gasteiger partial charge in [0.2, 0.25) is 0 Å². The molecule has 1 unspecified atom stereocenters. The quantitative estimate of drug-likeness (QED) is 0.142. The van der Waals surface area contributed by atoms with Crippen molar-refractivity contribution in [1.29, 1.82) is 0 Å². The van der Waals surface area contributed by atoms with Crippen LogP contribution in [0, 0.1) is 0 Å². The van der Waals surface area contributed by atoms with Gasteiger partial charge in [-0.2, -0.15) is 0 Å². The second-order valence-corrected chi connectivity index (χ2v) is 17.9. The van der Waals surface area contributed by atoms with Gasteiger partial charge < -0.3 is 9.47 Å². The molecule has 13 rings (SSSR count). The van der Waals surface area contributed by atoms with E-state index in [1.165, 1.54) is 22.3 Å². The first-order valence-corrected chi connectivity index (χ1v) is 23.1. The first-order valence-electron chi connectivity index (χ1n) is 23.1. The fraction of sp³-hybridized carbons (Fsp3) is 0.0656. The largest absolute Gasteiger partial charge is 0.345 e. The lowest BCUT2D eigenvalue weighted by Gasteiger charge is -2.31. The Morgan fingerprint density at radius 2 is 1.01 bits per heavy atom. The number of nitrogens with zero attached hydrogens (tertiary/aromatic N) is 6. The molecular weight excluding hydrogens is 833 g/mol. The highest BCUT2D eigenvalue weighted by Crippen LogP contribution is 2.63. The highest BCUT2D eigenvalue weighted by Gasteiger charge is 2.52. The standard InChI is InChI=1S/C61H42N6O/c1-39-10-9-34-67(39)48-29-23-44(24-30-48)59-63-58(43-21-27-47(28-22-43)66-35-33-62-38-66)64-60(65-59)46-26-32-52-51-31-25-45(57(68)42-19-17-41(18-20-42)40-11-3-2-4-12-40)36-55(51)61(56(52)37-46)53-15-7-5-13-49(53)50-14-6-8-16-54(50)61/h2-9,11-39H,10H2,1H3. The average molecular weight is 875 g/mol. The van der Waals surface area contributed by atoms with Crippen LogP contribution < -0.4 is 4.90 Å². The van der Waals surface area contributed by atoms with Crippen molar-refractivity contribution in [2.45, 2.75) is 24.8 Å². The fourth-order valence-electron chi connectivity index (χ4n) is 10.7. The van der Waals surface area contributed by atoms with Crippen molar-refractivity contribution in [3.05, 3.63) is 252 Å². The lowest BCUT2D eigenvalue weighted by molar-refractivity contribution is 0.103. The van der Waals surface area contributed by atoms with Gasteiger partial charge in [0.25, 0.3) is 0 Å². The molecule has 10 aromatic rings. The Balaban J connectivity index is 0.963. The van der Waals surface area contributed by atoms with Crippen molar-refractivity contribution in [1.82, 2.24) is 24.5 Å². The van der Waals surface area contributed by atoms with E-state index < -0.39 is 5.41 Å². The summed E-state index contributed by atoms with van der Waals surface area (Å²) in [7, 11) is 0. The maximum absolute atomic E-state index is 14.5. The molecule has 8 aromatic carbocycles. The molecular formula is C61H42N6O. The molecule has 7 nitrogen and oxygen atoms in total. The monoisotopic (exact) mass is 874 g/mol. The van der Waals surface area contributed by atoms with Crippen molar-refractivity contribution in [2.24, 2.45) is 0 Å². The van der Waals surface area contributed by atoms with Crippen LogP contribution in [0.5, 0.6) is 0 Å². The Hall–Kier alpha value is -8.81. The van der Waals surface area contributed by atoms with Gasteiger partial charge in [-0.05, 0) is 130 Å². The molecule has 2 aromatic heterocycles. The van der Waals surface area contributed by atoms with Gasteiger partial charge in [0.15, 0.2) is 23.3 Å². The van der Waals surface area contributed by atoms with Crippen LogP contribution in [0.4, 0.5) is 5.69 Å². The third kappa shape index (κ3) is 6.23. The van der Waals surface area contributed by atoms with E-state index in [-0.39, 0.29) is 5.78 Å². The Bertz CT molecular complexity index is 3570. The van der Waals surface area contributed by atoms with Crippen molar-refractivity contribution in [2.75, 3.05) is 4.90 Å². The molecule has 1 aliphatic heterocycles. The lowest BCUT2D eigenvalue weighted by Crippen LogP contribution is -2.26. The zero-order valence-corrected chi connectivity index (χ0v) is 37.2. The lowest BCUT2D eigenvalue weighted by atomic mass is 9.70. The maximum atomic E-state index is 14.5. The third-order valence-corrected chi connectivity index (χ3v) is 14.1. The van der Waals surface area contributed by atoms with E-state index in [0.29, 0.717) is 34.6 Å². The minimum Gasteiger partial charge on any atom is -0.345 e. The van der Waals surface area contributed by atoms with E-state index >= 15 is 0 Å². The van der Waals surface area contributed by atoms with E-state index in [4.69, 9.17) is 15.0 Å². The molecule has 0 bridgehead atoms. The summed E-state index contributed by atoms with van der Waals surface area (Å²) in [4.78, 5) is 36.7. The number of fused-ring (bicyclic) bond motifs is 10. The highest BCUT2D eigenvalue weighted by atomic mass is 16.1.